The predicted octanol–water partition coefficient (Wildman–Crippen LogP) is 1.83. The Kier molecular flexibility index (Phi) is 3.42. The summed E-state index contributed by atoms with van der Waals surface area (Å²) in [5.41, 5.74) is -2.15. The van der Waals surface area contributed by atoms with Gasteiger partial charge in [0, 0.05) is 6.04 Å². The summed E-state index contributed by atoms with van der Waals surface area (Å²) in [5.74, 6) is 0. The van der Waals surface area contributed by atoms with E-state index in [-0.39, 0.29) is 6.04 Å². The first-order valence-electron chi connectivity index (χ1n) is 4.84. The van der Waals surface area contributed by atoms with Gasteiger partial charge in [0.2, 0.25) is 0 Å². The first-order chi connectivity index (χ1) is 6.39. The van der Waals surface area contributed by atoms with Gasteiger partial charge in [-0.25, -0.2) is 0 Å². The maximum absolute atomic E-state index is 12.5. The van der Waals surface area contributed by atoms with Crippen molar-refractivity contribution in [3.8, 4) is 0 Å². The van der Waals surface area contributed by atoms with E-state index in [1.54, 1.807) is 0 Å². The van der Waals surface area contributed by atoms with Crippen molar-refractivity contribution in [3.63, 3.8) is 0 Å². The predicted molar refractivity (Wildman–Crippen MR) is 46.9 cm³/mol. The fraction of sp³-hybridized carbons (Fsp3) is 1.00. The third-order valence-electron chi connectivity index (χ3n) is 2.82. The van der Waals surface area contributed by atoms with Gasteiger partial charge >= 0.3 is 6.18 Å². The number of aliphatic hydroxyl groups is 1. The Morgan fingerprint density at radius 1 is 1.29 bits per heavy atom. The Morgan fingerprint density at radius 3 is 2.14 bits per heavy atom. The number of alkyl halides is 3. The molecule has 1 unspecified atom stereocenters. The Hall–Kier alpha value is -0.290. The molecule has 1 aliphatic carbocycles. The summed E-state index contributed by atoms with van der Waals surface area (Å²) < 4.78 is 37.6. The fourth-order valence-electron chi connectivity index (χ4n) is 1.74. The molecule has 1 fully saturated rings. The molecule has 0 aromatic heterocycles. The Morgan fingerprint density at radius 2 is 1.79 bits per heavy atom. The monoisotopic (exact) mass is 211 g/mol. The average molecular weight is 211 g/mol. The molecule has 0 saturated heterocycles. The number of aliphatic hydroxyl groups excluding tert-OH is 1. The minimum Gasteiger partial charge on any atom is -0.394 e. The van der Waals surface area contributed by atoms with Crippen molar-refractivity contribution in [2.75, 3.05) is 6.61 Å². The van der Waals surface area contributed by atoms with Crippen LogP contribution in [0.15, 0.2) is 0 Å². The third-order valence-corrected chi connectivity index (χ3v) is 2.82. The van der Waals surface area contributed by atoms with Crippen LogP contribution in [-0.4, -0.2) is 29.5 Å². The molecule has 14 heavy (non-hydrogen) atoms. The van der Waals surface area contributed by atoms with Gasteiger partial charge in [0.15, 0.2) is 0 Å². The third kappa shape index (κ3) is 2.39. The summed E-state index contributed by atoms with van der Waals surface area (Å²) >= 11 is 0. The van der Waals surface area contributed by atoms with E-state index in [1.165, 1.54) is 0 Å². The van der Waals surface area contributed by atoms with Gasteiger partial charge in [0.25, 0.3) is 0 Å². The maximum Gasteiger partial charge on any atom is 0.408 e. The molecule has 0 aromatic rings. The van der Waals surface area contributed by atoms with Gasteiger partial charge in [-0.15, -0.1) is 0 Å². The normalized spacial score (nSPS) is 23.8. The highest BCUT2D eigenvalue weighted by atomic mass is 19.4. The molecule has 2 nitrogen and oxygen atoms in total. The molecule has 1 atom stereocenters. The smallest absolute Gasteiger partial charge is 0.394 e. The fourth-order valence-corrected chi connectivity index (χ4v) is 1.74. The summed E-state index contributed by atoms with van der Waals surface area (Å²) in [6, 6.07) is -0.103. The molecule has 1 rings (SSSR count). The van der Waals surface area contributed by atoms with Gasteiger partial charge in [-0.2, -0.15) is 13.2 Å². The molecule has 84 valence electrons. The van der Waals surface area contributed by atoms with Crippen molar-refractivity contribution in [1.82, 2.24) is 5.32 Å². The summed E-state index contributed by atoms with van der Waals surface area (Å²) in [5, 5.41) is 11.3. The van der Waals surface area contributed by atoms with E-state index < -0.39 is 18.3 Å². The van der Waals surface area contributed by atoms with Crippen molar-refractivity contribution >= 4 is 0 Å². The molecule has 0 spiro atoms. The highest BCUT2D eigenvalue weighted by Crippen LogP contribution is 2.32. The molecule has 0 aromatic carbocycles. The lowest BCUT2D eigenvalue weighted by Gasteiger charge is -2.34. The summed E-state index contributed by atoms with van der Waals surface area (Å²) in [7, 11) is 0. The average Bonchev–Trinajstić information content (AvgIpc) is 2.54. The van der Waals surface area contributed by atoms with Gasteiger partial charge in [-0.3, -0.25) is 5.32 Å². The van der Waals surface area contributed by atoms with Crippen molar-refractivity contribution in [2.45, 2.75) is 50.4 Å². The molecule has 2 N–H and O–H groups in total. The molecule has 0 bridgehead atoms. The topological polar surface area (TPSA) is 32.3 Å². The van der Waals surface area contributed by atoms with Crippen molar-refractivity contribution < 1.29 is 18.3 Å². The molecule has 1 saturated carbocycles. The van der Waals surface area contributed by atoms with E-state index in [0.717, 1.165) is 32.6 Å². The Balaban J connectivity index is 2.60. The number of halogens is 3. The molecule has 0 amide bonds. The van der Waals surface area contributed by atoms with E-state index >= 15 is 0 Å². The molecule has 5 heteroatoms. The zero-order valence-electron chi connectivity index (χ0n) is 8.19. The van der Waals surface area contributed by atoms with Crippen LogP contribution >= 0.6 is 0 Å². The second-order valence-corrected chi connectivity index (χ2v) is 4.11. The van der Waals surface area contributed by atoms with E-state index in [4.69, 9.17) is 5.11 Å². The maximum atomic E-state index is 12.5. The van der Waals surface area contributed by atoms with Crippen LogP contribution in [0.3, 0.4) is 0 Å². The van der Waals surface area contributed by atoms with Crippen molar-refractivity contribution in [3.05, 3.63) is 0 Å². The lowest BCUT2D eigenvalue weighted by Crippen LogP contribution is -2.59. The second kappa shape index (κ2) is 4.06. The lowest BCUT2D eigenvalue weighted by atomic mass is 10.0. The van der Waals surface area contributed by atoms with Gasteiger partial charge < -0.3 is 5.11 Å². The zero-order chi connectivity index (χ0) is 10.8. The first-order valence-corrected chi connectivity index (χ1v) is 4.84. The van der Waals surface area contributed by atoms with Crippen LogP contribution in [0, 0.1) is 0 Å². The molecule has 0 heterocycles. The SMILES string of the molecule is CC(CO)(NC1CCCC1)C(F)(F)F. The van der Waals surface area contributed by atoms with Gasteiger partial charge in [0.1, 0.15) is 5.54 Å². The highest BCUT2D eigenvalue weighted by molar-refractivity contribution is 4.93. The Bertz CT molecular complexity index is 189. The van der Waals surface area contributed by atoms with Gasteiger partial charge in [-0.05, 0) is 19.8 Å². The molecule has 0 radical (unpaired) electrons. The highest BCUT2D eigenvalue weighted by Gasteiger charge is 2.51. The van der Waals surface area contributed by atoms with Crippen molar-refractivity contribution in [1.29, 1.82) is 0 Å². The molecular formula is C9H16F3NO. The van der Waals surface area contributed by atoms with E-state index in [0.29, 0.717) is 0 Å². The van der Waals surface area contributed by atoms with Crippen LogP contribution in [0.25, 0.3) is 0 Å². The summed E-state index contributed by atoms with van der Waals surface area (Å²) in [4.78, 5) is 0. The number of nitrogens with one attached hydrogen (secondary N) is 1. The van der Waals surface area contributed by atoms with Gasteiger partial charge in [-0.1, -0.05) is 12.8 Å². The quantitative estimate of drug-likeness (QED) is 0.746. The van der Waals surface area contributed by atoms with Crippen molar-refractivity contribution in [2.24, 2.45) is 0 Å². The number of hydrogen-bond acceptors (Lipinski definition) is 2. The minimum atomic E-state index is -4.40. The lowest BCUT2D eigenvalue weighted by molar-refractivity contribution is -0.203. The Labute approximate surface area is 81.5 Å². The van der Waals surface area contributed by atoms with Crippen LogP contribution in [-0.2, 0) is 0 Å². The van der Waals surface area contributed by atoms with Gasteiger partial charge in [0.05, 0.1) is 6.61 Å². The second-order valence-electron chi connectivity index (χ2n) is 4.11. The molecule has 0 aliphatic heterocycles. The summed E-state index contributed by atoms with van der Waals surface area (Å²) in [6.45, 7) is 0.0956. The van der Waals surface area contributed by atoms with E-state index in [2.05, 4.69) is 5.32 Å². The van der Waals surface area contributed by atoms with Crippen LogP contribution in [0.1, 0.15) is 32.6 Å². The van der Waals surface area contributed by atoms with E-state index in [1.807, 2.05) is 0 Å². The molecular weight excluding hydrogens is 195 g/mol. The largest absolute Gasteiger partial charge is 0.408 e. The summed E-state index contributed by atoms with van der Waals surface area (Å²) in [6.07, 6.45) is -0.921. The zero-order valence-corrected chi connectivity index (χ0v) is 8.19. The van der Waals surface area contributed by atoms with Crippen LogP contribution < -0.4 is 5.32 Å². The van der Waals surface area contributed by atoms with Crippen LogP contribution in [0.2, 0.25) is 0 Å². The standard InChI is InChI=1S/C9H16F3NO/c1-8(6-14,9(10,11)12)13-7-4-2-3-5-7/h7,13-14H,2-6H2,1H3. The number of rotatable bonds is 3. The molecule has 1 aliphatic rings. The minimum absolute atomic E-state index is 0.103. The van der Waals surface area contributed by atoms with E-state index in [9.17, 15) is 13.2 Å². The number of hydrogen-bond donors (Lipinski definition) is 2. The van der Waals surface area contributed by atoms with Crippen LogP contribution in [0.4, 0.5) is 13.2 Å². The first kappa shape index (κ1) is 11.8. The van der Waals surface area contributed by atoms with Crippen LogP contribution in [0.5, 0.6) is 0 Å².